The SMILES string of the molecule is CN(CCc1cc[nH]c1)C(=O)C(C)(C)CC(=O)O. The average Bonchev–Trinajstić information content (AvgIpc) is 2.75. The third-order valence-electron chi connectivity index (χ3n) is 2.92. The summed E-state index contributed by atoms with van der Waals surface area (Å²) in [5.41, 5.74) is 0.268. The molecule has 5 heteroatoms. The fourth-order valence-electron chi connectivity index (χ4n) is 1.88. The monoisotopic (exact) mass is 252 g/mol. The molecule has 0 aromatic carbocycles. The Morgan fingerprint density at radius 3 is 2.61 bits per heavy atom. The molecule has 0 fully saturated rings. The molecule has 0 atom stereocenters. The highest BCUT2D eigenvalue weighted by molar-refractivity contribution is 5.86. The first kappa shape index (κ1) is 14.3. The molecule has 0 aliphatic heterocycles. The summed E-state index contributed by atoms with van der Waals surface area (Å²) in [5, 5.41) is 8.79. The number of hydrogen-bond acceptors (Lipinski definition) is 2. The van der Waals surface area contributed by atoms with Crippen molar-refractivity contribution in [3.05, 3.63) is 24.0 Å². The average molecular weight is 252 g/mol. The lowest BCUT2D eigenvalue weighted by molar-refractivity contribution is -0.148. The minimum atomic E-state index is -0.951. The first-order valence-corrected chi connectivity index (χ1v) is 5.92. The first-order valence-electron chi connectivity index (χ1n) is 5.92. The summed E-state index contributed by atoms with van der Waals surface area (Å²) in [4.78, 5) is 27.4. The van der Waals surface area contributed by atoms with Crippen LogP contribution in [0.25, 0.3) is 0 Å². The van der Waals surface area contributed by atoms with Crippen molar-refractivity contribution in [1.82, 2.24) is 9.88 Å². The Labute approximate surface area is 107 Å². The van der Waals surface area contributed by atoms with E-state index in [4.69, 9.17) is 5.11 Å². The van der Waals surface area contributed by atoms with Gasteiger partial charge in [0.2, 0.25) is 5.91 Å². The van der Waals surface area contributed by atoms with Gasteiger partial charge in [-0.15, -0.1) is 0 Å². The lowest BCUT2D eigenvalue weighted by Gasteiger charge is -2.28. The Morgan fingerprint density at radius 2 is 2.11 bits per heavy atom. The van der Waals surface area contributed by atoms with Gasteiger partial charge in [-0.1, -0.05) is 13.8 Å². The van der Waals surface area contributed by atoms with Crippen LogP contribution in [0.3, 0.4) is 0 Å². The van der Waals surface area contributed by atoms with Gasteiger partial charge in [0, 0.05) is 26.0 Å². The molecule has 1 rings (SSSR count). The molecule has 0 unspecified atom stereocenters. The quantitative estimate of drug-likeness (QED) is 0.806. The minimum Gasteiger partial charge on any atom is -0.481 e. The van der Waals surface area contributed by atoms with Gasteiger partial charge < -0.3 is 15.0 Å². The van der Waals surface area contributed by atoms with Crippen molar-refractivity contribution in [2.45, 2.75) is 26.7 Å². The molecule has 5 nitrogen and oxygen atoms in total. The van der Waals surface area contributed by atoms with E-state index in [9.17, 15) is 9.59 Å². The summed E-state index contributed by atoms with van der Waals surface area (Å²) in [7, 11) is 1.71. The fourth-order valence-corrected chi connectivity index (χ4v) is 1.88. The van der Waals surface area contributed by atoms with Gasteiger partial charge >= 0.3 is 5.97 Å². The summed E-state index contributed by atoms with van der Waals surface area (Å²) in [6.45, 7) is 3.91. The summed E-state index contributed by atoms with van der Waals surface area (Å²) < 4.78 is 0. The van der Waals surface area contributed by atoms with Crippen LogP contribution in [0.15, 0.2) is 18.5 Å². The number of carboxylic acids is 1. The molecule has 0 aliphatic carbocycles. The number of carboxylic acid groups (broad SMARTS) is 1. The molecule has 18 heavy (non-hydrogen) atoms. The summed E-state index contributed by atoms with van der Waals surface area (Å²) >= 11 is 0. The Bertz CT molecular complexity index is 410. The normalized spacial score (nSPS) is 11.3. The predicted octanol–water partition coefficient (Wildman–Crippen LogP) is 1.52. The van der Waals surface area contributed by atoms with Gasteiger partial charge in [-0.25, -0.2) is 0 Å². The van der Waals surface area contributed by atoms with Crippen molar-refractivity contribution in [3.63, 3.8) is 0 Å². The third kappa shape index (κ3) is 3.91. The second-order valence-corrected chi connectivity index (χ2v) is 5.15. The van der Waals surface area contributed by atoms with Crippen LogP contribution in [0.5, 0.6) is 0 Å². The predicted molar refractivity (Wildman–Crippen MR) is 68.2 cm³/mol. The summed E-state index contributed by atoms with van der Waals surface area (Å²) in [6.07, 6.45) is 4.33. The van der Waals surface area contributed by atoms with E-state index in [1.54, 1.807) is 25.8 Å². The van der Waals surface area contributed by atoms with Crippen LogP contribution >= 0.6 is 0 Å². The highest BCUT2D eigenvalue weighted by atomic mass is 16.4. The number of H-pyrrole nitrogens is 1. The maximum atomic E-state index is 12.1. The van der Waals surface area contributed by atoms with E-state index in [0.29, 0.717) is 6.54 Å². The Morgan fingerprint density at radius 1 is 1.44 bits per heavy atom. The molecule has 1 aromatic heterocycles. The highest BCUT2D eigenvalue weighted by Crippen LogP contribution is 2.23. The molecule has 0 saturated carbocycles. The van der Waals surface area contributed by atoms with Crippen LogP contribution in [0.2, 0.25) is 0 Å². The van der Waals surface area contributed by atoms with Crippen LogP contribution in [0.1, 0.15) is 25.8 Å². The molecule has 0 bridgehead atoms. The molecule has 100 valence electrons. The molecular formula is C13H20N2O3. The number of nitrogens with zero attached hydrogens (tertiary/aromatic N) is 1. The van der Waals surface area contributed by atoms with E-state index >= 15 is 0 Å². The topological polar surface area (TPSA) is 73.4 Å². The van der Waals surface area contributed by atoms with E-state index in [2.05, 4.69) is 4.98 Å². The zero-order valence-corrected chi connectivity index (χ0v) is 11.1. The number of hydrogen-bond donors (Lipinski definition) is 2. The van der Waals surface area contributed by atoms with E-state index in [-0.39, 0.29) is 12.3 Å². The molecule has 1 aromatic rings. The molecule has 1 amide bonds. The van der Waals surface area contributed by atoms with Crippen molar-refractivity contribution < 1.29 is 14.7 Å². The molecule has 0 saturated heterocycles. The third-order valence-corrected chi connectivity index (χ3v) is 2.92. The van der Waals surface area contributed by atoms with Gasteiger partial charge in [0.1, 0.15) is 0 Å². The van der Waals surface area contributed by atoms with Gasteiger partial charge in [0.05, 0.1) is 11.8 Å². The number of amides is 1. The molecular weight excluding hydrogens is 232 g/mol. The van der Waals surface area contributed by atoms with Gasteiger partial charge in [0.25, 0.3) is 0 Å². The second kappa shape index (κ2) is 5.71. The van der Waals surface area contributed by atoms with Gasteiger partial charge in [0.15, 0.2) is 0 Å². The molecule has 2 N–H and O–H groups in total. The van der Waals surface area contributed by atoms with Crippen molar-refractivity contribution >= 4 is 11.9 Å². The Kier molecular flexibility index (Phi) is 4.53. The molecule has 0 radical (unpaired) electrons. The molecule has 0 spiro atoms. The molecule has 1 heterocycles. The van der Waals surface area contributed by atoms with Crippen LogP contribution in [-0.2, 0) is 16.0 Å². The van der Waals surface area contributed by atoms with E-state index < -0.39 is 11.4 Å². The van der Waals surface area contributed by atoms with Crippen molar-refractivity contribution in [2.24, 2.45) is 5.41 Å². The van der Waals surface area contributed by atoms with Gasteiger partial charge in [-0.05, 0) is 18.1 Å². The maximum absolute atomic E-state index is 12.1. The number of aromatic nitrogens is 1. The van der Waals surface area contributed by atoms with Crippen molar-refractivity contribution in [2.75, 3.05) is 13.6 Å². The Balaban J connectivity index is 2.52. The number of likely N-dealkylation sites (N-methyl/N-ethyl adjacent to an activating group) is 1. The van der Waals surface area contributed by atoms with Gasteiger partial charge in [-0.3, -0.25) is 9.59 Å². The number of aromatic amines is 1. The standard InChI is InChI=1S/C13H20N2O3/c1-13(2,8-11(16)17)12(18)15(3)7-5-10-4-6-14-9-10/h4,6,9,14H,5,7-8H2,1-3H3,(H,16,17). The van der Waals surface area contributed by atoms with E-state index in [1.807, 2.05) is 18.5 Å². The largest absolute Gasteiger partial charge is 0.481 e. The Hall–Kier alpha value is -1.78. The first-order chi connectivity index (χ1) is 8.33. The smallest absolute Gasteiger partial charge is 0.304 e. The number of carbonyl (C=O) groups is 2. The van der Waals surface area contributed by atoms with Crippen molar-refractivity contribution in [1.29, 1.82) is 0 Å². The van der Waals surface area contributed by atoms with Crippen LogP contribution in [0.4, 0.5) is 0 Å². The number of carbonyl (C=O) groups excluding carboxylic acids is 1. The maximum Gasteiger partial charge on any atom is 0.304 e. The fraction of sp³-hybridized carbons (Fsp3) is 0.538. The van der Waals surface area contributed by atoms with E-state index in [1.165, 1.54) is 0 Å². The van der Waals surface area contributed by atoms with Crippen molar-refractivity contribution in [3.8, 4) is 0 Å². The van der Waals surface area contributed by atoms with Crippen LogP contribution in [0, 0.1) is 5.41 Å². The minimum absolute atomic E-state index is 0.138. The molecule has 0 aliphatic rings. The summed E-state index contributed by atoms with van der Waals surface area (Å²) in [6, 6.07) is 1.96. The summed E-state index contributed by atoms with van der Waals surface area (Å²) in [5.74, 6) is -1.09. The van der Waals surface area contributed by atoms with E-state index in [0.717, 1.165) is 12.0 Å². The van der Waals surface area contributed by atoms with Crippen LogP contribution in [-0.4, -0.2) is 40.5 Å². The lowest BCUT2D eigenvalue weighted by Crippen LogP contribution is -2.40. The van der Waals surface area contributed by atoms with Crippen LogP contribution < -0.4 is 0 Å². The zero-order chi connectivity index (χ0) is 13.8. The second-order valence-electron chi connectivity index (χ2n) is 5.15. The highest BCUT2D eigenvalue weighted by Gasteiger charge is 2.32. The number of aliphatic carboxylic acids is 1. The number of rotatable bonds is 6. The zero-order valence-electron chi connectivity index (χ0n) is 11.1. The van der Waals surface area contributed by atoms with Gasteiger partial charge in [-0.2, -0.15) is 0 Å². The number of nitrogens with one attached hydrogen (secondary N) is 1. The lowest BCUT2D eigenvalue weighted by atomic mass is 9.87.